The highest BCUT2D eigenvalue weighted by Crippen LogP contribution is 2.32. The first-order valence-electron chi connectivity index (χ1n) is 14.5. The van der Waals surface area contributed by atoms with E-state index in [1.54, 1.807) is 12.1 Å². The van der Waals surface area contributed by atoms with Gasteiger partial charge in [0.1, 0.15) is 5.75 Å². The van der Waals surface area contributed by atoms with E-state index >= 15 is 0 Å². The van der Waals surface area contributed by atoms with Crippen molar-refractivity contribution in [2.75, 3.05) is 0 Å². The van der Waals surface area contributed by atoms with Crippen molar-refractivity contribution in [3.8, 4) is 16.9 Å². The fraction of sp³-hybridized carbons (Fsp3) is 0.278. The second-order valence-electron chi connectivity index (χ2n) is 11.3. The topological polar surface area (TPSA) is 80.6 Å². The number of nitrogens with one attached hydrogen (secondary N) is 1. The van der Waals surface area contributed by atoms with Crippen LogP contribution in [0.15, 0.2) is 78.9 Å². The Morgan fingerprint density at radius 2 is 1.67 bits per heavy atom. The molecule has 1 aliphatic rings. The SMILES string of the molecule is Cc1c2c(n(Cc3ccc(-c4ccccc4C(=O)O)cc3)c1C)C=CC(C(=O)N[C@@H](C)c1ccc(OC(C)C)cc1)C2. The molecule has 4 aromatic rings. The lowest BCUT2D eigenvalue weighted by atomic mass is 9.90. The number of aromatic nitrogens is 1. The number of carbonyl (C=O) groups excluding carboxylic acids is 1. The van der Waals surface area contributed by atoms with E-state index in [-0.39, 0.29) is 24.0 Å². The van der Waals surface area contributed by atoms with Crippen molar-refractivity contribution in [3.63, 3.8) is 0 Å². The van der Waals surface area contributed by atoms with E-state index in [1.165, 1.54) is 16.8 Å². The summed E-state index contributed by atoms with van der Waals surface area (Å²) in [5.41, 5.74) is 8.80. The van der Waals surface area contributed by atoms with Crippen molar-refractivity contribution < 1.29 is 19.4 Å². The van der Waals surface area contributed by atoms with E-state index in [1.807, 2.05) is 75.4 Å². The van der Waals surface area contributed by atoms with Crippen LogP contribution in [-0.4, -0.2) is 27.7 Å². The highest BCUT2D eigenvalue weighted by atomic mass is 16.5. The smallest absolute Gasteiger partial charge is 0.336 e. The number of carboxylic acid groups (broad SMARTS) is 1. The molecule has 1 amide bonds. The van der Waals surface area contributed by atoms with Gasteiger partial charge in [-0.3, -0.25) is 4.79 Å². The Balaban J connectivity index is 1.28. The predicted octanol–water partition coefficient (Wildman–Crippen LogP) is 7.37. The molecule has 5 rings (SSSR count). The number of hydrogen-bond acceptors (Lipinski definition) is 3. The molecule has 0 saturated heterocycles. The number of fused-ring (bicyclic) bond motifs is 1. The molecular weight excluding hydrogens is 524 g/mol. The van der Waals surface area contributed by atoms with Crippen LogP contribution in [0.1, 0.15) is 70.8 Å². The molecule has 1 aliphatic carbocycles. The Bertz CT molecular complexity index is 1630. The molecule has 216 valence electrons. The number of hydrogen-bond donors (Lipinski definition) is 2. The lowest BCUT2D eigenvalue weighted by Crippen LogP contribution is -2.33. The van der Waals surface area contributed by atoms with Crippen LogP contribution in [0.4, 0.5) is 0 Å². The third kappa shape index (κ3) is 6.03. The first kappa shape index (κ1) is 28.9. The van der Waals surface area contributed by atoms with Gasteiger partial charge in [-0.05, 0) is 98.7 Å². The molecule has 42 heavy (non-hydrogen) atoms. The molecule has 1 aromatic heterocycles. The molecule has 2 N–H and O–H groups in total. The summed E-state index contributed by atoms with van der Waals surface area (Å²) in [6.07, 6.45) is 4.89. The summed E-state index contributed by atoms with van der Waals surface area (Å²) in [6.45, 7) is 11.0. The van der Waals surface area contributed by atoms with E-state index in [4.69, 9.17) is 4.74 Å². The molecule has 6 nitrogen and oxygen atoms in total. The second-order valence-corrected chi connectivity index (χ2v) is 11.3. The lowest BCUT2D eigenvalue weighted by Gasteiger charge is -2.22. The van der Waals surface area contributed by atoms with Gasteiger partial charge in [0, 0.05) is 17.9 Å². The maximum atomic E-state index is 13.3. The van der Waals surface area contributed by atoms with Gasteiger partial charge >= 0.3 is 5.97 Å². The number of nitrogens with zero attached hydrogens (tertiary/aromatic N) is 1. The van der Waals surface area contributed by atoms with E-state index in [0.717, 1.165) is 28.1 Å². The molecule has 0 saturated carbocycles. The Kier molecular flexibility index (Phi) is 8.34. The number of rotatable bonds is 9. The fourth-order valence-electron chi connectivity index (χ4n) is 5.69. The Hall–Kier alpha value is -4.58. The van der Waals surface area contributed by atoms with Gasteiger partial charge in [0.2, 0.25) is 5.91 Å². The molecule has 1 heterocycles. The molecule has 1 unspecified atom stereocenters. The third-order valence-electron chi connectivity index (χ3n) is 8.12. The molecular formula is C36H38N2O4. The summed E-state index contributed by atoms with van der Waals surface area (Å²) in [6, 6.07) is 22.9. The number of carboxylic acids is 1. The van der Waals surface area contributed by atoms with Crippen molar-refractivity contribution in [2.24, 2.45) is 5.92 Å². The third-order valence-corrected chi connectivity index (χ3v) is 8.12. The van der Waals surface area contributed by atoms with Crippen LogP contribution in [0.3, 0.4) is 0 Å². The number of aromatic carboxylic acids is 1. The molecule has 2 atom stereocenters. The number of benzene rings is 3. The van der Waals surface area contributed by atoms with Crippen LogP contribution < -0.4 is 10.1 Å². The zero-order valence-electron chi connectivity index (χ0n) is 24.8. The summed E-state index contributed by atoms with van der Waals surface area (Å²) in [7, 11) is 0. The van der Waals surface area contributed by atoms with Crippen LogP contribution in [0, 0.1) is 19.8 Å². The van der Waals surface area contributed by atoms with Gasteiger partial charge in [0.15, 0.2) is 0 Å². The van der Waals surface area contributed by atoms with Crippen LogP contribution in [0.25, 0.3) is 17.2 Å². The summed E-state index contributed by atoms with van der Waals surface area (Å²) in [5.74, 6) is -0.316. The average Bonchev–Trinajstić information content (AvgIpc) is 3.21. The van der Waals surface area contributed by atoms with Gasteiger partial charge in [-0.1, -0.05) is 60.7 Å². The minimum atomic E-state index is -0.932. The Morgan fingerprint density at radius 3 is 2.33 bits per heavy atom. The number of ether oxygens (including phenoxy) is 1. The van der Waals surface area contributed by atoms with Gasteiger partial charge in [0.25, 0.3) is 0 Å². The van der Waals surface area contributed by atoms with E-state index in [2.05, 4.69) is 41.9 Å². The molecule has 0 spiro atoms. The summed E-state index contributed by atoms with van der Waals surface area (Å²) >= 11 is 0. The van der Waals surface area contributed by atoms with Gasteiger partial charge < -0.3 is 19.7 Å². The summed E-state index contributed by atoms with van der Waals surface area (Å²) < 4.78 is 8.04. The zero-order chi connectivity index (χ0) is 30.0. The van der Waals surface area contributed by atoms with Crippen molar-refractivity contribution in [3.05, 3.63) is 118 Å². The molecule has 0 fully saturated rings. The maximum Gasteiger partial charge on any atom is 0.336 e. The largest absolute Gasteiger partial charge is 0.491 e. The Labute approximate surface area is 247 Å². The molecule has 6 heteroatoms. The second kappa shape index (κ2) is 12.1. The minimum absolute atomic E-state index is 0.0222. The van der Waals surface area contributed by atoms with Crippen molar-refractivity contribution in [1.82, 2.24) is 9.88 Å². The first-order valence-corrected chi connectivity index (χ1v) is 14.5. The van der Waals surface area contributed by atoms with Gasteiger partial charge in [-0.25, -0.2) is 4.79 Å². The maximum absolute atomic E-state index is 13.3. The molecule has 0 aliphatic heterocycles. The zero-order valence-corrected chi connectivity index (χ0v) is 24.8. The molecule has 3 aromatic carbocycles. The minimum Gasteiger partial charge on any atom is -0.491 e. The van der Waals surface area contributed by atoms with Crippen LogP contribution in [0.2, 0.25) is 0 Å². The molecule has 0 radical (unpaired) electrons. The quantitative estimate of drug-likeness (QED) is 0.223. The van der Waals surface area contributed by atoms with Crippen molar-refractivity contribution >= 4 is 18.0 Å². The van der Waals surface area contributed by atoms with Gasteiger partial charge in [-0.2, -0.15) is 0 Å². The average molecular weight is 563 g/mol. The number of amides is 1. The monoisotopic (exact) mass is 562 g/mol. The van der Waals surface area contributed by atoms with Gasteiger partial charge in [0.05, 0.1) is 23.6 Å². The van der Waals surface area contributed by atoms with Crippen molar-refractivity contribution in [2.45, 2.75) is 59.7 Å². The summed E-state index contributed by atoms with van der Waals surface area (Å²) in [5, 5.41) is 12.8. The standard InChI is InChI=1S/C36H38N2O4/c1-22(2)42-30-17-14-27(15-18-30)24(4)37-35(39)29-16-19-34-33(20-29)23(3)25(5)38(34)21-26-10-12-28(13-11-26)31-8-6-7-9-32(31)36(40)41/h6-19,22,24,29H,20-21H2,1-5H3,(H,37,39)(H,40,41)/t24-,29?/m0/s1. The van der Waals surface area contributed by atoms with Crippen LogP contribution >= 0.6 is 0 Å². The van der Waals surface area contributed by atoms with Gasteiger partial charge in [-0.15, -0.1) is 0 Å². The lowest BCUT2D eigenvalue weighted by molar-refractivity contribution is -0.124. The van der Waals surface area contributed by atoms with Crippen LogP contribution in [-0.2, 0) is 17.8 Å². The van der Waals surface area contributed by atoms with Crippen molar-refractivity contribution in [1.29, 1.82) is 0 Å². The number of carbonyl (C=O) groups is 2. The first-order chi connectivity index (χ1) is 20.1. The van der Waals surface area contributed by atoms with E-state index in [9.17, 15) is 14.7 Å². The predicted molar refractivity (Wildman–Crippen MR) is 167 cm³/mol. The van der Waals surface area contributed by atoms with Crippen LogP contribution in [0.5, 0.6) is 5.75 Å². The highest BCUT2D eigenvalue weighted by molar-refractivity contribution is 5.96. The molecule has 0 bridgehead atoms. The van der Waals surface area contributed by atoms with E-state index < -0.39 is 5.97 Å². The fourth-order valence-corrected chi connectivity index (χ4v) is 5.69. The normalized spacial score (nSPS) is 14.9. The summed E-state index contributed by atoms with van der Waals surface area (Å²) in [4.78, 5) is 24.9. The van der Waals surface area contributed by atoms with E-state index in [0.29, 0.717) is 24.1 Å². The Morgan fingerprint density at radius 1 is 0.976 bits per heavy atom. The highest BCUT2D eigenvalue weighted by Gasteiger charge is 2.27.